The van der Waals surface area contributed by atoms with Crippen LogP contribution in [0.25, 0.3) is 0 Å². The van der Waals surface area contributed by atoms with E-state index >= 15 is 0 Å². The maximum Gasteiger partial charge on any atom is 0.310 e. The summed E-state index contributed by atoms with van der Waals surface area (Å²) in [6, 6.07) is 11.6. The first-order valence-electron chi connectivity index (χ1n) is 5.82. The van der Waals surface area contributed by atoms with Crippen molar-refractivity contribution in [3.05, 3.63) is 51.2 Å². The third-order valence-corrected chi connectivity index (χ3v) is 4.01. The fourth-order valence-electron chi connectivity index (χ4n) is 1.61. The molecule has 2 rings (SSSR count). The number of carbonyl (C=O) groups is 1. The van der Waals surface area contributed by atoms with Gasteiger partial charge in [-0.3, -0.25) is 4.79 Å². The number of benzene rings is 1. The minimum atomic E-state index is -0.215. The number of rotatable bonds is 5. The maximum absolute atomic E-state index is 11.2. The Morgan fingerprint density at radius 2 is 2.00 bits per heavy atom. The summed E-state index contributed by atoms with van der Waals surface area (Å²) in [6.45, 7) is 0.690. The number of hydrogen-bond acceptors (Lipinski definition) is 4. The van der Waals surface area contributed by atoms with E-state index in [2.05, 4.69) is 10.1 Å². The van der Waals surface area contributed by atoms with Crippen LogP contribution in [0.3, 0.4) is 0 Å². The van der Waals surface area contributed by atoms with Gasteiger partial charge in [-0.15, -0.1) is 11.3 Å². The minimum absolute atomic E-state index is 0.215. The smallest absolute Gasteiger partial charge is 0.310 e. The second kappa shape index (κ2) is 6.59. The average molecular weight is 296 g/mol. The third kappa shape index (κ3) is 3.98. The Labute approximate surface area is 121 Å². The zero-order valence-corrected chi connectivity index (χ0v) is 12.1. The summed E-state index contributed by atoms with van der Waals surface area (Å²) in [7, 11) is 1.40. The number of ether oxygens (including phenoxy) is 1. The summed E-state index contributed by atoms with van der Waals surface area (Å²) in [6.07, 6.45) is 0.327. The summed E-state index contributed by atoms with van der Waals surface area (Å²) < 4.78 is 4.64. The maximum atomic E-state index is 11.2. The van der Waals surface area contributed by atoms with Gasteiger partial charge in [0.15, 0.2) is 0 Å². The molecule has 3 nitrogen and oxygen atoms in total. The lowest BCUT2D eigenvalue weighted by Gasteiger charge is -2.06. The Balaban J connectivity index is 1.94. The van der Waals surface area contributed by atoms with Crippen molar-refractivity contribution < 1.29 is 9.53 Å². The van der Waals surface area contributed by atoms with Crippen molar-refractivity contribution in [1.82, 2.24) is 0 Å². The van der Waals surface area contributed by atoms with Crippen molar-refractivity contribution in [1.29, 1.82) is 0 Å². The van der Waals surface area contributed by atoms with Crippen molar-refractivity contribution in [2.45, 2.75) is 13.0 Å². The van der Waals surface area contributed by atoms with E-state index in [0.717, 1.165) is 15.4 Å². The second-order valence-electron chi connectivity index (χ2n) is 3.95. The van der Waals surface area contributed by atoms with Crippen molar-refractivity contribution in [3.63, 3.8) is 0 Å². The van der Waals surface area contributed by atoms with Crippen LogP contribution in [-0.4, -0.2) is 13.1 Å². The monoisotopic (exact) mass is 295 g/mol. The Morgan fingerprint density at radius 3 is 2.74 bits per heavy atom. The van der Waals surface area contributed by atoms with E-state index in [-0.39, 0.29) is 5.97 Å². The fourth-order valence-corrected chi connectivity index (χ4v) is 2.76. The lowest BCUT2D eigenvalue weighted by atomic mass is 10.3. The number of hydrogen-bond donors (Lipinski definition) is 1. The molecule has 19 heavy (non-hydrogen) atoms. The van der Waals surface area contributed by atoms with Crippen LogP contribution >= 0.6 is 22.9 Å². The minimum Gasteiger partial charge on any atom is -0.469 e. The molecular formula is C14H14ClNO2S. The fraction of sp³-hybridized carbons (Fsp3) is 0.214. The van der Waals surface area contributed by atoms with Crippen molar-refractivity contribution in [2.24, 2.45) is 0 Å². The number of methoxy groups -OCH3 is 1. The van der Waals surface area contributed by atoms with E-state index < -0.39 is 0 Å². The summed E-state index contributed by atoms with van der Waals surface area (Å²) >= 11 is 7.66. The van der Waals surface area contributed by atoms with Gasteiger partial charge in [-0.25, -0.2) is 0 Å². The van der Waals surface area contributed by atoms with E-state index in [1.165, 1.54) is 7.11 Å². The topological polar surface area (TPSA) is 38.3 Å². The quantitative estimate of drug-likeness (QED) is 0.854. The first kappa shape index (κ1) is 13.9. The largest absolute Gasteiger partial charge is 0.469 e. The van der Waals surface area contributed by atoms with Gasteiger partial charge in [0, 0.05) is 16.3 Å². The van der Waals surface area contributed by atoms with Gasteiger partial charge in [0.2, 0.25) is 0 Å². The van der Waals surface area contributed by atoms with Crippen LogP contribution in [0.1, 0.15) is 9.75 Å². The van der Waals surface area contributed by atoms with Gasteiger partial charge in [0.05, 0.1) is 24.2 Å². The highest BCUT2D eigenvalue weighted by Gasteiger charge is 2.06. The summed E-state index contributed by atoms with van der Waals surface area (Å²) in [5.74, 6) is -0.215. The van der Waals surface area contributed by atoms with Crippen molar-refractivity contribution >= 4 is 34.6 Å². The van der Waals surface area contributed by atoms with Crippen LogP contribution in [0.4, 0.5) is 5.69 Å². The molecule has 1 N–H and O–H groups in total. The van der Waals surface area contributed by atoms with Gasteiger partial charge in [-0.2, -0.15) is 0 Å². The molecule has 0 bridgehead atoms. The third-order valence-electron chi connectivity index (χ3n) is 2.59. The van der Waals surface area contributed by atoms with Gasteiger partial charge in [0.1, 0.15) is 0 Å². The highest BCUT2D eigenvalue weighted by atomic mass is 35.5. The normalized spacial score (nSPS) is 10.2. The molecule has 0 spiro atoms. The molecule has 0 fully saturated rings. The van der Waals surface area contributed by atoms with E-state index in [4.69, 9.17) is 11.6 Å². The van der Waals surface area contributed by atoms with Gasteiger partial charge in [-0.1, -0.05) is 23.7 Å². The van der Waals surface area contributed by atoms with Gasteiger partial charge >= 0.3 is 5.97 Å². The molecule has 0 aliphatic carbocycles. The zero-order valence-electron chi connectivity index (χ0n) is 10.5. The molecule has 0 radical (unpaired) electrons. The zero-order chi connectivity index (χ0) is 13.7. The van der Waals surface area contributed by atoms with Gasteiger partial charge in [-0.05, 0) is 24.3 Å². The second-order valence-corrected chi connectivity index (χ2v) is 5.61. The lowest BCUT2D eigenvalue weighted by Crippen LogP contribution is -2.02. The number of esters is 1. The molecule has 0 aliphatic rings. The van der Waals surface area contributed by atoms with Gasteiger partial charge < -0.3 is 10.1 Å². The van der Waals surface area contributed by atoms with Crippen molar-refractivity contribution in [2.75, 3.05) is 12.4 Å². The summed E-state index contributed by atoms with van der Waals surface area (Å²) in [5.41, 5.74) is 0.909. The average Bonchev–Trinajstić information content (AvgIpc) is 2.85. The predicted molar refractivity (Wildman–Crippen MR) is 78.8 cm³/mol. The highest BCUT2D eigenvalue weighted by Crippen LogP contribution is 2.23. The first-order chi connectivity index (χ1) is 9.19. The van der Waals surface area contributed by atoms with Crippen LogP contribution in [0, 0.1) is 0 Å². The van der Waals surface area contributed by atoms with E-state index in [9.17, 15) is 4.79 Å². The van der Waals surface area contributed by atoms with Gasteiger partial charge in [0.25, 0.3) is 0 Å². The van der Waals surface area contributed by atoms with E-state index in [1.54, 1.807) is 11.3 Å². The Kier molecular flexibility index (Phi) is 4.82. The van der Waals surface area contributed by atoms with Crippen LogP contribution in [-0.2, 0) is 22.5 Å². The Morgan fingerprint density at radius 1 is 1.26 bits per heavy atom. The highest BCUT2D eigenvalue weighted by molar-refractivity contribution is 7.12. The van der Waals surface area contributed by atoms with Crippen molar-refractivity contribution in [3.8, 4) is 0 Å². The number of carbonyl (C=O) groups excluding carboxylic acids is 1. The SMILES string of the molecule is COC(=O)Cc1ccc(CNc2ccccc2Cl)s1. The molecule has 0 atom stereocenters. The van der Waals surface area contributed by atoms with Crippen LogP contribution in [0.5, 0.6) is 0 Å². The Hall–Kier alpha value is -1.52. The molecule has 0 saturated heterocycles. The molecule has 100 valence electrons. The molecule has 0 saturated carbocycles. The van der Waals surface area contributed by atoms with E-state index in [0.29, 0.717) is 18.0 Å². The van der Waals surface area contributed by atoms with E-state index in [1.807, 2.05) is 36.4 Å². The molecule has 1 aromatic carbocycles. The molecule has 1 heterocycles. The lowest BCUT2D eigenvalue weighted by molar-refractivity contribution is -0.139. The Bertz CT molecular complexity index is 568. The number of thiophene rings is 1. The first-order valence-corrected chi connectivity index (χ1v) is 7.01. The standard InChI is InChI=1S/C14H14ClNO2S/c1-18-14(17)8-10-6-7-11(19-10)9-16-13-5-3-2-4-12(13)15/h2-7,16H,8-9H2,1H3. The van der Waals surface area contributed by atoms with Crippen LogP contribution < -0.4 is 5.32 Å². The molecule has 5 heteroatoms. The number of anilines is 1. The summed E-state index contributed by atoms with van der Waals surface area (Å²) in [5, 5.41) is 3.97. The molecule has 0 aliphatic heterocycles. The predicted octanol–water partition coefficient (Wildman–Crippen LogP) is 3.73. The molecule has 1 aromatic heterocycles. The van der Waals surface area contributed by atoms with Crippen LogP contribution in [0.15, 0.2) is 36.4 Å². The molecular weight excluding hydrogens is 282 g/mol. The number of para-hydroxylation sites is 1. The molecule has 2 aromatic rings. The summed E-state index contributed by atoms with van der Waals surface area (Å²) in [4.78, 5) is 13.3. The molecule has 0 unspecified atom stereocenters. The van der Waals surface area contributed by atoms with Crippen LogP contribution in [0.2, 0.25) is 5.02 Å². The number of nitrogens with one attached hydrogen (secondary N) is 1. The number of halogens is 1. The molecule has 0 amide bonds.